The van der Waals surface area contributed by atoms with E-state index in [2.05, 4.69) is 9.72 Å². The van der Waals surface area contributed by atoms with Crippen molar-refractivity contribution in [3.8, 4) is 5.75 Å². The number of benzene rings is 1. The van der Waals surface area contributed by atoms with Crippen LogP contribution < -0.4 is 10.2 Å². The number of para-hydroxylation sites is 1. The van der Waals surface area contributed by atoms with Gasteiger partial charge >= 0.3 is 6.36 Å². The molecule has 2 aromatic rings. The molecule has 0 saturated carbocycles. The Hall–Kier alpha value is -2.51. The lowest BCUT2D eigenvalue weighted by atomic mass is 10.1. The van der Waals surface area contributed by atoms with E-state index in [4.69, 9.17) is 0 Å². The third-order valence-electron chi connectivity index (χ3n) is 3.73. The van der Waals surface area contributed by atoms with Crippen LogP contribution in [0.25, 0.3) is 10.9 Å². The molecule has 1 fully saturated rings. The summed E-state index contributed by atoms with van der Waals surface area (Å²) >= 11 is 0. The largest absolute Gasteiger partial charge is 0.573 e. The number of H-pyrrole nitrogens is 1. The summed E-state index contributed by atoms with van der Waals surface area (Å²) in [6.07, 6.45) is -1.97. The van der Waals surface area contributed by atoms with E-state index >= 15 is 0 Å². The van der Waals surface area contributed by atoms with E-state index < -0.39 is 23.4 Å². The van der Waals surface area contributed by atoms with Crippen LogP contribution in [0.3, 0.4) is 0 Å². The molecular weight excluding hydrogens is 313 g/mol. The summed E-state index contributed by atoms with van der Waals surface area (Å²) in [5.74, 6) is -0.917. The Labute approximate surface area is 128 Å². The van der Waals surface area contributed by atoms with Crippen molar-refractivity contribution in [3.05, 3.63) is 40.2 Å². The van der Waals surface area contributed by atoms with Gasteiger partial charge in [-0.1, -0.05) is 6.07 Å². The number of likely N-dealkylation sites (tertiary alicyclic amines) is 1. The molecule has 1 aliphatic heterocycles. The molecular formula is C15H13F3N2O3. The molecule has 0 unspecified atom stereocenters. The number of nitrogens with zero attached hydrogens (tertiary/aromatic N) is 1. The Morgan fingerprint density at radius 3 is 2.57 bits per heavy atom. The molecule has 0 aliphatic carbocycles. The number of carbonyl (C=O) groups is 1. The molecule has 1 amide bonds. The minimum atomic E-state index is -4.87. The molecule has 1 aromatic carbocycles. The number of hydrogen-bond acceptors (Lipinski definition) is 3. The summed E-state index contributed by atoms with van der Waals surface area (Å²) in [6, 6.07) is 3.74. The minimum absolute atomic E-state index is 0.0169. The summed E-state index contributed by atoms with van der Waals surface area (Å²) in [5, 5.41) is -0.0169. The van der Waals surface area contributed by atoms with Gasteiger partial charge in [0, 0.05) is 19.3 Å². The van der Waals surface area contributed by atoms with E-state index in [0.29, 0.717) is 13.1 Å². The first-order valence-electron chi connectivity index (χ1n) is 7.06. The van der Waals surface area contributed by atoms with Crippen molar-refractivity contribution in [2.24, 2.45) is 0 Å². The van der Waals surface area contributed by atoms with Gasteiger partial charge in [0.1, 0.15) is 5.56 Å². The molecule has 0 radical (unpaired) electrons. The van der Waals surface area contributed by atoms with E-state index in [0.717, 1.165) is 25.1 Å². The maximum atomic E-state index is 12.4. The van der Waals surface area contributed by atoms with Crippen molar-refractivity contribution in [2.45, 2.75) is 19.2 Å². The topological polar surface area (TPSA) is 62.4 Å². The summed E-state index contributed by atoms with van der Waals surface area (Å²) in [5.41, 5.74) is -0.778. The first-order valence-corrected chi connectivity index (χ1v) is 7.06. The van der Waals surface area contributed by atoms with Crippen molar-refractivity contribution in [3.63, 3.8) is 0 Å². The Bertz CT molecular complexity index is 808. The number of amides is 1. The number of fused-ring (bicyclic) bond motifs is 1. The van der Waals surface area contributed by atoms with Crippen LogP contribution in [0.1, 0.15) is 23.2 Å². The molecule has 122 valence electrons. The van der Waals surface area contributed by atoms with Crippen LogP contribution in [0.5, 0.6) is 5.75 Å². The Balaban J connectivity index is 2.06. The molecule has 8 heteroatoms. The van der Waals surface area contributed by atoms with Gasteiger partial charge < -0.3 is 14.6 Å². The van der Waals surface area contributed by atoms with Gasteiger partial charge in [-0.25, -0.2) is 0 Å². The van der Waals surface area contributed by atoms with Gasteiger partial charge in [0.05, 0.1) is 10.9 Å². The highest BCUT2D eigenvalue weighted by Crippen LogP contribution is 2.28. The second kappa shape index (κ2) is 5.60. The van der Waals surface area contributed by atoms with Gasteiger partial charge in [0.2, 0.25) is 5.43 Å². The van der Waals surface area contributed by atoms with Gasteiger partial charge in [0.25, 0.3) is 5.91 Å². The second-order valence-corrected chi connectivity index (χ2v) is 5.26. The van der Waals surface area contributed by atoms with Gasteiger partial charge in [-0.2, -0.15) is 0 Å². The standard InChI is InChI=1S/C15H13F3N2O3/c16-15(17,18)23-11-5-3-4-9-12(11)19-8-10(13(9)21)14(22)20-6-1-2-7-20/h3-5,8H,1-2,6-7H2,(H,19,21). The molecule has 1 aliphatic rings. The van der Waals surface area contributed by atoms with Crippen molar-refractivity contribution in [2.75, 3.05) is 13.1 Å². The van der Waals surface area contributed by atoms with Crippen LogP contribution >= 0.6 is 0 Å². The second-order valence-electron chi connectivity index (χ2n) is 5.26. The van der Waals surface area contributed by atoms with Crippen LogP contribution in [0.4, 0.5) is 13.2 Å². The molecule has 3 rings (SSSR count). The molecule has 0 bridgehead atoms. The highest BCUT2D eigenvalue weighted by Gasteiger charge is 2.32. The van der Waals surface area contributed by atoms with Gasteiger partial charge in [0.15, 0.2) is 5.75 Å². The highest BCUT2D eigenvalue weighted by atomic mass is 19.4. The number of pyridine rings is 1. The molecule has 2 heterocycles. The minimum Gasteiger partial charge on any atom is -0.404 e. The maximum Gasteiger partial charge on any atom is 0.573 e. The molecule has 0 spiro atoms. The fourth-order valence-corrected chi connectivity index (χ4v) is 2.68. The lowest BCUT2D eigenvalue weighted by Gasteiger charge is -2.15. The number of rotatable bonds is 2. The number of hydrogen-bond donors (Lipinski definition) is 1. The van der Waals surface area contributed by atoms with Gasteiger partial charge in [-0.3, -0.25) is 9.59 Å². The highest BCUT2D eigenvalue weighted by molar-refractivity contribution is 5.98. The lowest BCUT2D eigenvalue weighted by Crippen LogP contribution is -2.32. The van der Waals surface area contributed by atoms with Crippen molar-refractivity contribution in [1.29, 1.82) is 0 Å². The molecule has 1 N–H and O–H groups in total. The molecule has 5 nitrogen and oxygen atoms in total. The Morgan fingerprint density at radius 1 is 1.22 bits per heavy atom. The van der Waals surface area contributed by atoms with Crippen molar-refractivity contribution < 1.29 is 22.7 Å². The van der Waals surface area contributed by atoms with Crippen LogP contribution in [0.15, 0.2) is 29.2 Å². The maximum absolute atomic E-state index is 12.4. The predicted octanol–water partition coefficient (Wildman–Crippen LogP) is 2.66. The summed E-state index contributed by atoms with van der Waals surface area (Å²) in [7, 11) is 0. The number of alkyl halides is 3. The normalized spacial score (nSPS) is 15.2. The summed E-state index contributed by atoms with van der Waals surface area (Å²) in [6.45, 7) is 1.15. The van der Waals surface area contributed by atoms with E-state index in [-0.39, 0.29) is 16.5 Å². The number of ether oxygens (including phenoxy) is 1. The smallest absolute Gasteiger partial charge is 0.404 e. The summed E-state index contributed by atoms with van der Waals surface area (Å²) < 4.78 is 41.1. The van der Waals surface area contributed by atoms with Crippen LogP contribution in [0.2, 0.25) is 0 Å². The average molecular weight is 326 g/mol. The van der Waals surface area contributed by atoms with Crippen molar-refractivity contribution in [1.82, 2.24) is 9.88 Å². The van der Waals surface area contributed by atoms with Crippen LogP contribution in [-0.2, 0) is 0 Å². The van der Waals surface area contributed by atoms with Gasteiger partial charge in [-0.15, -0.1) is 13.2 Å². The molecule has 0 atom stereocenters. The fourth-order valence-electron chi connectivity index (χ4n) is 2.68. The first kappa shape index (κ1) is 15.4. The van der Waals surface area contributed by atoms with Gasteiger partial charge in [-0.05, 0) is 25.0 Å². The number of aromatic amines is 1. The fraction of sp³-hybridized carbons (Fsp3) is 0.333. The zero-order valence-electron chi connectivity index (χ0n) is 11.9. The SMILES string of the molecule is O=C(c1c[nH]c2c(OC(F)(F)F)cccc2c1=O)N1CCCC1. The van der Waals surface area contributed by atoms with Crippen LogP contribution in [-0.4, -0.2) is 35.2 Å². The number of nitrogens with one attached hydrogen (secondary N) is 1. The first-order chi connectivity index (χ1) is 10.9. The Kier molecular flexibility index (Phi) is 3.75. The van der Waals surface area contributed by atoms with E-state index in [1.54, 1.807) is 4.90 Å². The molecule has 23 heavy (non-hydrogen) atoms. The van der Waals surface area contributed by atoms with Crippen molar-refractivity contribution >= 4 is 16.8 Å². The summed E-state index contributed by atoms with van der Waals surface area (Å²) in [4.78, 5) is 28.9. The number of aromatic nitrogens is 1. The lowest BCUT2D eigenvalue weighted by molar-refractivity contribution is -0.274. The third kappa shape index (κ3) is 3.01. The third-order valence-corrected chi connectivity index (χ3v) is 3.73. The van der Waals surface area contributed by atoms with Crippen LogP contribution in [0, 0.1) is 0 Å². The van der Waals surface area contributed by atoms with E-state index in [9.17, 15) is 22.8 Å². The zero-order chi connectivity index (χ0) is 16.6. The molecule has 1 saturated heterocycles. The zero-order valence-corrected chi connectivity index (χ0v) is 11.9. The Morgan fingerprint density at radius 2 is 1.91 bits per heavy atom. The van der Waals surface area contributed by atoms with E-state index in [1.807, 2.05) is 0 Å². The molecule has 1 aromatic heterocycles. The average Bonchev–Trinajstić information content (AvgIpc) is 3.00. The number of halogens is 3. The predicted molar refractivity (Wildman–Crippen MR) is 76.4 cm³/mol. The quantitative estimate of drug-likeness (QED) is 0.923. The monoisotopic (exact) mass is 326 g/mol. The number of carbonyl (C=O) groups excluding carboxylic acids is 1. The van der Waals surface area contributed by atoms with E-state index in [1.165, 1.54) is 12.1 Å².